The number of benzene rings is 1. The fraction of sp³-hybridized carbons (Fsp3) is 0.231. The van der Waals surface area contributed by atoms with E-state index in [1.807, 2.05) is 6.92 Å². The minimum Gasteiger partial charge on any atom is -0.464 e. The smallest absolute Gasteiger partial charge is 0.131 e. The SMILES string of the molecule is CCc1ccc(C(NN)c2c(F)cccc2F)o1. The summed E-state index contributed by atoms with van der Waals surface area (Å²) in [5.41, 5.74) is 2.24. The van der Waals surface area contributed by atoms with E-state index in [4.69, 9.17) is 10.3 Å². The Hall–Kier alpha value is -1.72. The van der Waals surface area contributed by atoms with E-state index in [1.165, 1.54) is 18.2 Å². The molecule has 0 aliphatic heterocycles. The average Bonchev–Trinajstić information content (AvgIpc) is 2.82. The van der Waals surface area contributed by atoms with Crippen LogP contribution in [-0.4, -0.2) is 0 Å². The third-order valence-electron chi connectivity index (χ3n) is 2.77. The van der Waals surface area contributed by atoms with Crippen molar-refractivity contribution in [1.29, 1.82) is 0 Å². The number of nitrogens with one attached hydrogen (secondary N) is 1. The highest BCUT2D eigenvalue weighted by atomic mass is 19.1. The van der Waals surface area contributed by atoms with Gasteiger partial charge >= 0.3 is 0 Å². The van der Waals surface area contributed by atoms with Crippen LogP contribution in [0.4, 0.5) is 8.78 Å². The van der Waals surface area contributed by atoms with Gasteiger partial charge in [0.2, 0.25) is 0 Å². The Bertz CT molecular complexity index is 519. The highest BCUT2D eigenvalue weighted by molar-refractivity contribution is 5.30. The van der Waals surface area contributed by atoms with Crippen molar-refractivity contribution in [2.24, 2.45) is 5.84 Å². The molecule has 3 nitrogen and oxygen atoms in total. The van der Waals surface area contributed by atoms with Crippen molar-refractivity contribution in [2.45, 2.75) is 19.4 Å². The van der Waals surface area contributed by atoms with Crippen LogP contribution in [0.5, 0.6) is 0 Å². The topological polar surface area (TPSA) is 51.2 Å². The predicted molar refractivity (Wildman–Crippen MR) is 63.6 cm³/mol. The van der Waals surface area contributed by atoms with Gasteiger partial charge in [-0.3, -0.25) is 5.84 Å². The van der Waals surface area contributed by atoms with E-state index >= 15 is 0 Å². The maximum absolute atomic E-state index is 13.7. The monoisotopic (exact) mass is 252 g/mol. The van der Waals surface area contributed by atoms with Crippen LogP contribution in [0.3, 0.4) is 0 Å². The van der Waals surface area contributed by atoms with Crippen molar-refractivity contribution >= 4 is 0 Å². The maximum atomic E-state index is 13.7. The lowest BCUT2D eigenvalue weighted by atomic mass is 10.0. The molecular weight excluding hydrogens is 238 g/mol. The van der Waals surface area contributed by atoms with E-state index < -0.39 is 17.7 Å². The van der Waals surface area contributed by atoms with Gasteiger partial charge in [0.05, 0.1) is 0 Å². The summed E-state index contributed by atoms with van der Waals surface area (Å²) in [5, 5.41) is 0. The maximum Gasteiger partial charge on any atom is 0.131 e. The molecule has 0 radical (unpaired) electrons. The summed E-state index contributed by atoms with van der Waals surface area (Å²) in [7, 11) is 0. The van der Waals surface area contributed by atoms with E-state index in [2.05, 4.69) is 5.43 Å². The zero-order valence-corrected chi connectivity index (χ0v) is 9.91. The van der Waals surface area contributed by atoms with E-state index in [-0.39, 0.29) is 5.56 Å². The van der Waals surface area contributed by atoms with Gasteiger partial charge in [0.15, 0.2) is 0 Å². The molecule has 1 unspecified atom stereocenters. The quantitative estimate of drug-likeness (QED) is 0.649. The lowest BCUT2D eigenvalue weighted by molar-refractivity contribution is 0.408. The van der Waals surface area contributed by atoms with Crippen LogP contribution in [0.2, 0.25) is 0 Å². The molecule has 3 N–H and O–H groups in total. The van der Waals surface area contributed by atoms with Crippen molar-refractivity contribution in [3.8, 4) is 0 Å². The summed E-state index contributed by atoms with van der Waals surface area (Å²) in [5.74, 6) is 5.19. The van der Waals surface area contributed by atoms with Crippen molar-refractivity contribution in [2.75, 3.05) is 0 Å². The van der Waals surface area contributed by atoms with E-state index in [1.54, 1.807) is 12.1 Å². The van der Waals surface area contributed by atoms with Gasteiger partial charge in [0.1, 0.15) is 29.2 Å². The highest BCUT2D eigenvalue weighted by Gasteiger charge is 2.23. The van der Waals surface area contributed by atoms with Crippen molar-refractivity contribution in [3.63, 3.8) is 0 Å². The van der Waals surface area contributed by atoms with Crippen LogP contribution in [0, 0.1) is 11.6 Å². The van der Waals surface area contributed by atoms with Gasteiger partial charge < -0.3 is 4.42 Å². The lowest BCUT2D eigenvalue weighted by Crippen LogP contribution is -2.30. The van der Waals surface area contributed by atoms with Crippen LogP contribution in [0.15, 0.2) is 34.7 Å². The first-order valence-corrected chi connectivity index (χ1v) is 5.66. The summed E-state index contributed by atoms with van der Waals surface area (Å²) in [6.07, 6.45) is 0.705. The number of furan rings is 1. The molecular formula is C13H14F2N2O. The van der Waals surface area contributed by atoms with Gasteiger partial charge in [-0.05, 0) is 24.3 Å². The molecule has 18 heavy (non-hydrogen) atoms. The molecule has 1 aromatic carbocycles. The molecule has 1 aromatic heterocycles. The van der Waals surface area contributed by atoms with Gasteiger partial charge in [-0.15, -0.1) is 0 Å². The van der Waals surface area contributed by atoms with Crippen LogP contribution in [0.1, 0.15) is 30.0 Å². The molecule has 1 atom stereocenters. The molecule has 0 fully saturated rings. The number of halogens is 2. The Morgan fingerprint density at radius 1 is 1.22 bits per heavy atom. The predicted octanol–water partition coefficient (Wildman–Crippen LogP) is 2.67. The number of rotatable bonds is 4. The van der Waals surface area contributed by atoms with Gasteiger partial charge in [-0.25, -0.2) is 14.2 Å². The highest BCUT2D eigenvalue weighted by Crippen LogP contribution is 2.27. The molecule has 1 heterocycles. The standard InChI is InChI=1S/C13H14F2N2O/c1-2-8-6-7-11(18-8)13(17-16)12-9(14)4-3-5-10(12)15/h3-7,13,17H,2,16H2,1H3. The van der Waals surface area contributed by atoms with Crippen LogP contribution in [0.25, 0.3) is 0 Å². The zero-order chi connectivity index (χ0) is 13.1. The molecule has 5 heteroatoms. The Morgan fingerprint density at radius 2 is 1.89 bits per heavy atom. The first kappa shape index (κ1) is 12.7. The summed E-state index contributed by atoms with van der Waals surface area (Å²) in [6.45, 7) is 1.93. The fourth-order valence-corrected chi connectivity index (χ4v) is 1.83. The molecule has 0 spiro atoms. The third kappa shape index (κ3) is 2.27. The molecule has 2 aromatic rings. The number of hydrazine groups is 1. The van der Waals surface area contributed by atoms with Crippen LogP contribution in [-0.2, 0) is 6.42 Å². The van der Waals surface area contributed by atoms with Crippen LogP contribution >= 0.6 is 0 Å². The minimum atomic E-state index is -0.841. The Labute approximate surface area is 104 Å². The van der Waals surface area contributed by atoms with E-state index in [0.717, 1.165) is 5.76 Å². The zero-order valence-electron chi connectivity index (χ0n) is 9.91. The second-order valence-corrected chi connectivity index (χ2v) is 3.89. The van der Waals surface area contributed by atoms with Gasteiger partial charge in [0.25, 0.3) is 0 Å². The average molecular weight is 252 g/mol. The van der Waals surface area contributed by atoms with Crippen molar-refractivity contribution < 1.29 is 13.2 Å². The van der Waals surface area contributed by atoms with Crippen molar-refractivity contribution in [3.05, 3.63) is 59.1 Å². The minimum absolute atomic E-state index is 0.142. The summed E-state index contributed by atoms with van der Waals surface area (Å²) in [6, 6.07) is 6.26. The number of hydrogen-bond acceptors (Lipinski definition) is 3. The number of aryl methyl sites for hydroxylation is 1. The number of nitrogens with two attached hydrogens (primary N) is 1. The normalized spacial score (nSPS) is 12.7. The Morgan fingerprint density at radius 3 is 2.39 bits per heavy atom. The summed E-state index contributed by atoms with van der Waals surface area (Å²) >= 11 is 0. The molecule has 96 valence electrons. The van der Waals surface area contributed by atoms with Gasteiger partial charge in [0, 0.05) is 12.0 Å². The van der Waals surface area contributed by atoms with Gasteiger partial charge in [-0.2, -0.15) is 0 Å². The summed E-state index contributed by atoms with van der Waals surface area (Å²) in [4.78, 5) is 0. The molecule has 0 amide bonds. The van der Waals surface area contributed by atoms with E-state index in [0.29, 0.717) is 12.2 Å². The largest absolute Gasteiger partial charge is 0.464 e. The van der Waals surface area contributed by atoms with Gasteiger partial charge in [-0.1, -0.05) is 13.0 Å². The fourth-order valence-electron chi connectivity index (χ4n) is 1.83. The molecule has 0 saturated heterocycles. The molecule has 0 bridgehead atoms. The third-order valence-corrected chi connectivity index (χ3v) is 2.77. The lowest BCUT2D eigenvalue weighted by Gasteiger charge is -2.15. The first-order chi connectivity index (χ1) is 8.67. The van der Waals surface area contributed by atoms with Crippen molar-refractivity contribution in [1.82, 2.24) is 5.43 Å². The second-order valence-electron chi connectivity index (χ2n) is 3.89. The Kier molecular flexibility index (Phi) is 3.74. The summed E-state index contributed by atoms with van der Waals surface area (Å²) < 4.78 is 32.8. The first-order valence-electron chi connectivity index (χ1n) is 5.66. The Balaban J connectivity index is 2.45. The molecule has 0 aliphatic carbocycles. The molecule has 2 rings (SSSR count). The molecule has 0 aliphatic rings. The molecule has 0 saturated carbocycles. The number of hydrogen-bond donors (Lipinski definition) is 2. The van der Waals surface area contributed by atoms with E-state index in [9.17, 15) is 8.78 Å². The second kappa shape index (κ2) is 5.29. The van der Waals surface area contributed by atoms with Crippen LogP contribution < -0.4 is 11.3 Å².